The van der Waals surface area contributed by atoms with Gasteiger partial charge in [0, 0.05) is 31.4 Å². The molecule has 1 aliphatic heterocycles. The van der Waals surface area contributed by atoms with Crippen molar-refractivity contribution >= 4 is 0 Å². The van der Waals surface area contributed by atoms with Crippen LogP contribution in [0, 0.1) is 0 Å². The summed E-state index contributed by atoms with van der Waals surface area (Å²) >= 11 is 0. The molecular formula is C23H24N2O3. The van der Waals surface area contributed by atoms with Crippen molar-refractivity contribution in [2.45, 2.75) is 13.1 Å². The van der Waals surface area contributed by atoms with Crippen LogP contribution in [0.4, 0.5) is 0 Å². The maximum Gasteiger partial charge on any atom is 0.165 e. The number of hydrogen-bond acceptors (Lipinski definition) is 5. The Morgan fingerprint density at radius 1 is 1.00 bits per heavy atom. The van der Waals surface area contributed by atoms with E-state index in [2.05, 4.69) is 28.1 Å². The monoisotopic (exact) mass is 376 g/mol. The molecule has 2 aromatic carbocycles. The standard InChI is InChI=1S/C23H24N2O3/c1-26-21-8-5-6-17(13-21)18-12-19-15-25(16-20-7-3-4-9-24-20)10-11-28-23(19)22(14-18)27-2/h3-9,12-14H,10-11,15-16H2,1-2H3. The van der Waals surface area contributed by atoms with E-state index in [9.17, 15) is 0 Å². The summed E-state index contributed by atoms with van der Waals surface area (Å²) in [4.78, 5) is 6.81. The largest absolute Gasteiger partial charge is 0.497 e. The van der Waals surface area contributed by atoms with Crippen LogP contribution in [0.15, 0.2) is 60.8 Å². The molecule has 5 nitrogen and oxygen atoms in total. The maximum absolute atomic E-state index is 6.06. The van der Waals surface area contributed by atoms with Crippen molar-refractivity contribution in [1.82, 2.24) is 9.88 Å². The second-order valence-corrected chi connectivity index (χ2v) is 6.78. The van der Waals surface area contributed by atoms with Gasteiger partial charge in [0.1, 0.15) is 12.4 Å². The van der Waals surface area contributed by atoms with Crippen LogP contribution >= 0.6 is 0 Å². The molecule has 0 bridgehead atoms. The second-order valence-electron chi connectivity index (χ2n) is 6.78. The van der Waals surface area contributed by atoms with Crippen LogP contribution in [0.2, 0.25) is 0 Å². The predicted molar refractivity (Wildman–Crippen MR) is 109 cm³/mol. The molecule has 0 saturated heterocycles. The van der Waals surface area contributed by atoms with Crippen molar-refractivity contribution in [3.8, 4) is 28.4 Å². The quantitative estimate of drug-likeness (QED) is 0.669. The van der Waals surface area contributed by atoms with Gasteiger partial charge in [0.25, 0.3) is 0 Å². The van der Waals surface area contributed by atoms with Gasteiger partial charge in [-0.25, -0.2) is 0 Å². The minimum Gasteiger partial charge on any atom is -0.497 e. The molecule has 0 fully saturated rings. The van der Waals surface area contributed by atoms with Crippen LogP contribution in [-0.4, -0.2) is 37.3 Å². The van der Waals surface area contributed by atoms with E-state index in [0.717, 1.165) is 59.3 Å². The van der Waals surface area contributed by atoms with Crippen LogP contribution in [-0.2, 0) is 13.1 Å². The van der Waals surface area contributed by atoms with Gasteiger partial charge in [0.15, 0.2) is 11.5 Å². The first kappa shape index (κ1) is 18.3. The van der Waals surface area contributed by atoms with Gasteiger partial charge in [0.05, 0.1) is 19.9 Å². The lowest BCUT2D eigenvalue weighted by molar-refractivity contribution is 0.215. The van der Waals surface area contributed by atoms with Crippen LogP contribution in [0.1, 0.15) is 11.3 Å². The van der Waals surface area contributed by atoms with Crippen LogP contribution in [0.25, 0.3) is 11.1 Å². The van der Waals surface area contributed by atoms with Gasteiger partial charge in [-0.2, -0.15) is 0 Å². The molecule has 0 saturated carbocycles. The highest BCUT2D eigenvalue weighted by Crippen LogP contribution is 2.39. The van der Waals surface area contributed by atoms with Crippen molar-refractivity contribution in [2.75, 3.05) is 27.4 Å². The summed E-state index contributed by atoms with van der Waals surface area (Å²) in [5.41, 5.74) is 4.34. The van der Waals surface area contributed by atoms with Gasteiger partial charge in [-0.05, 0) is 47.5 Å². The van der Waals surface area contributed by atoms with Crippen molar-refractivity contribution in [2.24, 2.45) is 0 Å². The summed E-state index contributed by atoms with van der Waals surface area (Å²) in [6, 6.07) is 18.3. The molecule has 3 aromatic rings. The maximum atomic E-state index is 6.06. The molecule has 4 rings (SSSR count). The number of fused-ring (bicyclic) bond motifs is 1. The molecule has 0 aliphatic carbocycles. The van der Waals surface area contributed by atoms with Gasteiger partial charge < -0.3 is 14.2 Å². The number of aromatic nitrogens is 1. The smallest absolute Gasteiger partial charge is 0.165 e. The van der Waals surface area contributed by atoms with Gasteiger partial charge in [-0.1, -0.05) is 18.2 Å². The Balaban J connectivity index is 1.68. The topological polar surface area (TPSA) is 43.8 Å². The van der Waals surface area contributed by atoms with E-state index in [4.69, 9.17) is 14.2 Å². The Labute approximate surface area is 165 Å². The number of hydrogen-bond donors (Lipinski definition) is 0. The molecule has 5 heteroatoms. The molecule has 0 atom stereocenters. The summed E-state index contributed by atoms with van der Waals surface area (Å²) in [7, 11) is 3.37. The number of nitrogens with zero attached hydrogens (tertiary/aromatic N) is 2. The molecule has 0 unspecified atom stereocenters. The van der Waals surface area contributed by atoms with E-state index < -0.39 is 0 Å². The highest BCUT2D eigenvalue weighted by molar-refractivity contribution is 5.70. The number of benzene rings is 2. The van der Waals surface area contributed by atoms with Crippen LogP contribution in [0.3, 0.4) is 0 Å². The molecule has 0 amide bonds. The predicted octanol–water partition coefficient (Wildman–Crippen LogP) is 4.16. The van der Waals surface area contributed by atoms with E-state index in [1.54, 1.807) is 14.2 Å². The highest BCUT2D eigenvalue weighted by Gasteiger charge is 2.21. The lowest BCUT2D eigenvalue weighted by Gasteiger charge is -2.19. The molecule has 28 heavy (non-hydrogen) atoms. The fraction of sp³-hybridized carbons (Fsp3) is 0.261. The van der Waals surface area contributed by atoms with E-state index in [1.807, 2.05) is 42.6 Å². The van der Waals surface area contributed by atoms with E-state index >= 15 is 0 Å². The Bertz CT molecular complexity index is 944. The van der Waals surface area contributed by atoms with Crippen molar-refractivity contribution in [3.63, 3.8) is 0 Å². The van der Waals surface area contributed by atoms with E-state index in [0.29, 0.717) is 6.61 Å². The zero-order valence-electron chi connectivity index (χ0n) is 16.2. The number of methoxy groups -OCH3 is 2. The van der Waals surface area contributed by atoms with E-state index in [1.165, 1.54) is 0 Å². The normalized spacial score (nSPS) is 13.9. The van der Waals surface area contributed by atoms with Crippen molar-refractivity contribution < 1.29 is 14.2 Å². The third kappa shape index (κ3) is 3.94. The first-order valence-corrected chi connectivity index (χ1v) is 9.37. The lowest BCUT2D eigenvalue weighted by atomic mass is 10.0. The number of ether oxygens (including phenoxy) is 3. The van der Waals surface area contributed by atoms with Gasteiger partial charge in [-0.3, -0.25) is 9.88 Å². The molecule has 1 aromatic heterocycles. The third-order valence-electron chi connectivity index (χ3n) is 4.91. The fourth-order valence-corrected chi connectivity index (χ4v) is 3.51. The van der Waals surface area contributed by atoms with E-state index in [-0.39, 0.29) is 0 Å². The molecule has 0 radical (unpaired) electrons. The van der Waals surface area contributed by atoms with Crippen molar-refractivity contribution in [1.29, 1.82) is 0 Å². The summed E-state index contributed by atoms with van der Waals surface area (Å²) in [5.74, 6) is 2.42. The van der Waals surface area contributed by atoms with Gasteiger partial charge in [0.2, 0.25) is 0 Å². The third-order valence-corrected chi connectivity index (χ3v) is 4.91. The molecule has 0 N–H and O–H groups in total. The number of rotatable bonds is 5. The van der Waals surface area contributed by atoms with Gasteiger partial charge >= 0.3 is 0 Å². The van der Waals surface area contributed by atoms with Crippen molar-refractivity contribution in [3.05, 3.63) is 72.1 Å². The van der Waals surface area contributed by atoms with Crippen LogP contribution < -0.4 is 14.2 Å². The molecule has 2 heterocycles. The zero-order chi connectivity index (χ0) is 19.3. The van der Waals surface area contributed by atoms with Gasteiger partial charge in [-0.15, -0.1) is 0 Å². The molecular weight excluding hydrogens is 352 g/mol. The Hall–Kier alpha value is -3.05. The lowest BCUT2D eigenvalue weighted by Crippen LogP contribution is -2.25. The average molecular weight is 376 g/mol. The summed E-state index contributed by atoms with van der Waals surface area (Å²) in [6.07, 6.45) is 1.83. The SMILES string of the molecule is COc1cccc(-c2cc3c(c(OC)c2)OCCN(Cc2ccccn2)C3)c1. The summed E-state index contributed by atoms with van der Waals surface area (Å²) in [6.45, 7) is 3.02. The first-order chi connectivity index (χ1) is 13.8. The zero-order valence-corrected chi connectivity index (χ0v) is 16.2. The second kappa shape index (κ2) is 8.31. The first-order valence-electron chi connectivity index (χ1n) is 9.37. The Morgan fingerprint density at radius 3 is 2.71 bits per heavy atom. The Kier molecular flexibility index (Phi) is 5.44. The average Bonchev–Trinajstić information content (AvgIpc) is 2.95. The summed E-state index contributed by atoms with van der Waals surface area (Å²) in [5, 5.41) is 0. The molecule has 144 valence electrons. The Morgan fingerprint density at radius 2 is 1.93 bits per heavy atom. The summed E-state index contributed by atoms with van der Waals surface area (Å²) < 4.78 is 17.1. The molecule has 0 spiro atoms. The minimum atomic E-state index is 0.620. The van der Waals surface area contributed by atoms with Crippen LogP contribution in [0.5, 0.6) is 17.2 Å². The molecule has 1 aliphatic rings. The fourth-order valence-electron chi connectivity index (χ4n) is 3.51. The number of pyridine rings is 1. The highest BCUT2D eigenvalue weighted by atomic mass is 16.5. The minimum absolute atomic E-state index is 0.620.